The number of rotatable bonds is 4. The predicted octanol–water partition coefficient (Wildman–Crippen LogP) is 3.76. The van der Waals surface area contributed by atoms with Crippen LogP contribution in [0.15, 0.2) is 36.4 Å². The zero-order valence-electron chi connectivity index (χ0n) is 11.9. The Kier molecular flexibility index (Phi) is 4.27. The molecule has 102 valence electrons. The Morgan fingerprint density at radius 2 is 1.85 bits per heavy atom. The van der Waals surface area contributed by atoms with Crippen LogP contribution in [0.4, 0.5) is 0 Å². The Morgan fingerprint density at radius 3 is 2.55 bits per heavy atom. The molecule has 0 amide bonds. The van der Waals surface area contributed by atoms with Gasteiger partial charge in [-0.1, -0.05) is 23.8 Å². The highest BCUT2D eigenvalue weighted by Crippen LogP contribution is 2.28. The van der Waals surface area contributed by atoms with Crippen molar-refractivity contribution in [1.29, 1.82) is 5.26 Å². The van der Waals surface area contributed by atoms with Crippen LogP contribution in [0.5, 0.6) is 11.5 Å². The van der Waals surface area contributed by atoms with Crippen LogP contribution in [0.2, 0.25) is 0 Å². The predicted molar refractivity (Wildman–Crippen MR) is 78.0 cm³/mol. The summed E-state index contributed by atoms with van der Waals surface area (Å²) in [6, 6.07) is 13.5. The van der Waals surface area contributed by atoms with Gasteiger partial charge in [0, 0.05) is 6.07 Å². The molecular formula is C17H17NO2. The second kappa shape index (κ2) is 6.12. The van der Waals surface area contributed by atoms with E-state index in [4.69, 9.17) is 14.7 Å². The number of aryl methyl sites for hydroxylation is 2. The van der Waals surface area contributed by atoms with E-state index in [0.29, 0.717) is 23.7 Å². The Morgan fingerprint density at radius 1 is 1.05 bits per heavy atom. The molecule has 0 aliphatic heterocycles. The van der Waals surface area contributed by atoms with Gasteiger partial charge in [-0.2, -0.15) is 5.26 Å². The monoisotopic (exact) mass is 267 g/mol. The van der Waals surface area contributed by atoms with Gasteiger partial charge in [0.25, 0.3) is 0 Å². The van der Waals surface area contributed by atoms with Crippen molar-refractivity contribution in [2.45, 2.75) is 20.5 Å². The van der Waals surface area contributed by atoms with E-state index in [2.05, 4.69) is 38.1 Å². The van der Waals surface area contributed by atoms with Gasteiger partial charge in [0.1, 0.15) is 6.61 Å². The number of hydrogen-bond acceptors (Lipinski definition) is 3. The molecule has 0 spiro atoms. The van der Waals surface area contributed by atoms with Crippen LogP contribution < -0.4 is 9.47 Å². The quantitative estimate of drug-likeness (QED) is 0.847. The lowest BCUT2D eigenvalue weighted by Gasteiger charge is -2.12. The number of nitrogens with zero attached hydrogens (tertiary/aromatic N) is 1. The van der Waals surface area contributed by atoms with Crippen molar-refractivity contribution in [3.05, 3.63) is 58.7 Å². The zero-order chi connectivity index (χ0) is 14.5. The van der Waals surface area contributed by atoms with Crippen molar-refractivity contribution in [2.24, 2.45) is 0 Å². The number of nitriles is 1. The van der Waals surface area contributed by atoms with Gasteiger partial charge in [0.05, 0.1) is 18.7 Å². The number of methoxy groups -OCH3 is 1. The van der Waals surface area contributed by atoms with Gasteiger partial charge in [-0.05, 0) is 37.1 Å². The second-order valence-electron chi connectivity index (χ2n) is 4.70. The molecule has 0 fully saturated rings. The molecule has 3 nitrogen and oxygen atoms in total. The Labute approximate surface area is 119 Å². The second-order valence-corrected chi connectivity index (χ2v) is 4.70. The summed E-state index contributed by atoms with van der Waals surface area (Å²) < 4.78 is 11.1. The Balaban J connectivity index is 2.19. The summed E-state index contributed by atoms with van der Waals surface area (Å²) in [7, 11) is 1.57. The first-order valence-corrected chi connectivity index (χ1v) is 6.41. The molecule has 0 atom stereocenters. The lowest BCUT2D eigenvalue weighted by molar-refractivity contribution is 0.284. The average Bonchev–Trinajstić information content (AvgIpc) is 2.48. The van der Waals surface area contributed by atoms with Crippen LogP contribution in [0, 0.1) is 25.2 Å². The van der Waals surface area contributed by atoms with Crippen molar-refractivity contribution in [3.8, 4) is 17.6 Å². The third-order valence-electron chi connectivity index (χ3n) is 3.18. The van der Waals surface area contributed by atoms with Crippen LogP contribution in [0.25, 0.3) is 0 Å². The van der Waals surface area contributed by atoms with Gasteiger partial charge in [-0.15, -0.1) is 0 Å². The molecule has 0 aliphatic carbocycles. The SMILES string of the molecule is COc1cc(C#N)ccc1OCc1cc(C)ccc1C. The maximum Gasteiger partial charge on any atom is 0.162 e. The number of hydrogen-bond donors (Lipinski definition) is 0. The van der Waals surface area contributed by atoms with Crippen LogP contribution in [-0.2, 0) is 6.61 Å². The third-order valence-corrected chi connectivity index (χ3v) is 3.18. The van der Waals surface area contributed by atoms with Gasteiger partial charge in [0.15, 0.2) is 11.5 Å². The van der Waals surface area contributed by atoms with Crippen LogP contribution >= 0.6 is 0 Å². The maximum atomic E-state index is 8.88. The van der Waals surface area contributed by atoms with Crippen molar-refractivity contribution in [2.75, 3.05) is 7.11 Å². The van der Waals surface area contributed by atoms with Crippen molar-refractivity contribution >= 4 is 0 Å². The van der Waals surface area contributed by atoms with Crippen molar-refractivity contribution in [1.82, 2.24) is 0 Å². The molecule has 2 aromatic rings. The molecule has 2 rings (SSSR count). The van der Waals surface area contributed by atoms with Gasteiger partial charge >= 0.3 is 0 Å². The number of benzene rings is 2. The van der Waals surface area contributed by atoms with E-state index in [1.807, 2.05) is 0 Å². The molecule has 20 heavy (non-hydrogen) atoms. The van der Waals surface area contributed by atoms with E-state index in [0.717, 1.165) is 5.56 Å². The maximum absolute atomic E-state index is 8.88. The molecule has 0 N–H and O–H groups in total. The highest BCUT2D eigenvalue weighted by atomic mass is 16.5. The topological polar surface area (TPSA) is 42.2 Å². The smallest absolute Gasteiger partial charge is 0.162 e. The summed E-state index contributed by atoms with van der Waals surface area (Å²) in [4.78, 5) is 0. The van der Waals surface area contributed by atoms with Gasteiger partial charge in [-0.3, -0.25) is 0 Å². The normalized spacial score (nSPS) is 9.90. The van der Waals surface area contributed by atoms with E-state index in [1.54, 1.807) is 25.3 Å². The molecule has 0 saturated carbocycles. The molecule has 0 aliphatic rings. The van der Waals surface area contributed by atoms with E-state index in [1.165, 1.54) is 11.1 Å². The first-order chi connectivity index (χ1) is 9.63. The minimum atomic E-state index is 0.482. The molecule has 0 bridgehead atoms. The first kappa shape index (κ1) is 14.0. The minimum Gasteiger partial charge on any atom is -0.493 e. The highest BCUT2D eigenvalue weighted by Gasteiger charge is 2.07. The fraction of sp³-hybridized carbons (Fsp3) is 0.235. The fourth-order valence-electron chi connectivity index (χ4n) is 1.97. The lowest BCUT2D eigenvalue weighted by Crippen LogP contribution is -2.00. The van der Waals surface area contributed by atoms with Gasteiger partial charge < -0.3 is 9.47 Å². The molecule has 2 aromatic carbocycles. The summed E-state index contributed by atoms with van der Waals surface area (Å²) in [6.07, 6.45) is 0. The summed E-state index contributed by atoms with van der Waals surface area (Å²) in [5, 5.41) is 8.88. The minimum absolute atomic E-state index is 0.482. The summed E-state index contributed by atoms with van der Waals surface area (Å²) >= 11 is 0. The van der Waals surface area contributed by atoms with Gasteiger partial charge in [0.2, 0.25) is 0 Å². The van der Waals surface area contributed by atoms with Crippen LogP contribution in [0.1, 0.15) is 22.3 Å². The Hall–Kier alpha value is -2.47. The standard InChI is InChI=1S/C17H17NO2/c1-12-4-5-13(2)15(8-12)11-20-16-7-6-14(10-18)9-17(16)19-3/h4-9H,11H2,1-3H3. The van der Waals surface area contributed by atoms with Crippen molar-refractivity contribution < 1.29 is 9.47 Å². The molecule has 0 heterocycles. The molecular weight excluding hydrogens is 250 g/mol. The van der Waals surface area contributed by atoms with E-state index >= 15 is 0 Å². The molecule has 0 unspecified atom stereocenters. The zero-order valence-corrected chi connectivity index (χ0v) is 11.9. The molecule has 0 radical (unpaired) electrons. The fourth-order valence-corrected chi connectivity index (χ4v) is 1.97. The largest absolute Gasteiger partial charge is 0.493 e. The summed E-state index contributed by atoms with van der Waals surface area (Å²) in [5.41, 5.74) is 4.11. The lowest BCUT2D eigenvalue weighted by atomic mass is 10.1. The van der Waals surface area contributed by atoms with Gasteiger partial charge in [-0.25, -0.2) is 0 Å². The molecule has 3 heteroatoms. The third kappa shape index (κ3) is 3.10. The van der Waals surface area contributed by atoms with Crippen LogP contribution in [-0.4, -0.2) is 7.11 Å². The van der Waals surface area contributed by atoms with E-state index < -0.39 is 0 Å². The van der Waals surface area contributed by atoms with Crippen molar-refractivity contribution in [3.63, 3.8) is 0 Å². The summed E-state index contributed by atoms with van der Waals surface area (Å²) in [6.45, 7) is 4.61. The Bertz CT molecular complexity index is 657. The van der Waals surface area contributed by atoms with E-state index in [-0.39, 0.29) is 0 Å². The average molecular weight is 267 g/mol. The molecule has 0 saturated heterocycles. The molecule has 0 aromatic heterocycles. The van der Waals surface area contributed by atoms with E-state index in [9.17, 15) is 0 Å². The highest BCUT2D eigenvalue weighted by molar-refractivity contribution is 5.46. The first-order valence-electron chi connectivity index (χ1n) is 6.41. The summed E-state index contributed by atoms with van der Waals surface area (Å²) in [5.74, 6) is 1.22. The van der Waals surface area contributed by atoms with Crippen LogP contribution in [0.3, 0.4) is 0 Å². The number of ether oxygens (including phenoxy) is 2.